The smallest absolute Gasteiger partial charge is 0.318 e. The highest BCUT2D eigenvalue weighted by atomic mass is 16.6. The van der Waals surface area contributed by atoms with Gasteiger partial charge in [0, 0.05) is 26.2 Å². The van der Waals surface area contributed by atoms with Gasteiger partial charge in [0.05, 0.1) is 0 Å². The van der Waals surface area contributed by atoms with Crippen LogP contribution in [0.4, 0.5) is 0 Å². The second-order valence-electron chi connectivity index (χ2n) is 3.08. The summed E-state index contributed by atoms with van der Waals surface area (Å²) in [6.45, 7) is 2.06. The number of rotatable bonds is 10. The van der Waals surface area contributed by atoms with E-state index < -0.39 is 18.4 Å². The second kappa shape index (κ2) is 11.3. The Bertz CT molecular complexity index is 203. The molecule has 0 aliphatic rings. The summed E-state index contributed by atoms with van der Waals surface area (Å²) in [5.41, 5.74) is 10.4. The Morgan fingerprint density at radius 1 is 0.882 bits per heavy atom. The highest BCUT2D eigenvalue weighted by Crippen LogP contribution is 1.89. The van der Waals surface area contributed by atoms with Crippen molar-refractivity contribution in [2.45, 2.75) is 6.42 Å². The molecule has 0 aromatic heterocycles. The van der Waals surface area contributed by atoms with E-state index in [1.54, 1.807) is 0 Å². The normalized spacial score (nSPS) is 10.0. The van der Waals surface area contributed by atoms with Gasteiger partial charge in [0.15, 0.2) is 0 Å². The van der Waals surface area contributed by atoms with Crippen molar-refractivity contribution >= 4 is 11.9 Å². The average Bonchev–Trinajstić information content (AvgIpc) is 2.30. The molecule has 0 aromatic carbocycles. The van der Waals surface area contributed by atoms with E-state index in [1.807, 2.05) is 0 Å². The van der Waals surface area contributed by atoms with E-state index in [0.717, 1.165) is 0 Å². The lowest BCUT2D eigenvalue weighted by atomic mass is 10.4. The Balaban J connectivity index is 3.42. The van der Waals surface area contributed by atoms with Gasteiger partial charge in [0.2, 0.25) is 0 Å². The number of ether oxygens (including phenoxy) is 2. The van der Waals surface area contributed by atoms with Crippen LogP contribution in [0.3, 0.4) is 0 Å². The standard InChI is InChI=1S/C9H20N4O4/c10-1-3-12-6-16-8(14)5-9(15)17-7-13-4-2-11/h12-13H,1-7,10-11H2. The van der Waals surface area contributed by atoms with E-state index in [4.69, 9.17) is 20.9 Å². The van der Waals surface area contributed by atoms with Crippen molar-refractivity contribution in [2.24, 2.45) is 11.5 Å². The van der Waals surface area contributed by atoms with Crippen molar-refractivity contribution in [3.05, 3.63) is 0 Å². The molecule has 0 spiro atoms. The molecule has 0 heterocycles. The molecule has 0 radical (unpaired) electrons. The first-order valence-corrected chi connectivity index (χ1v) is 5.33. The highest BCUT2D eigenvalue weighted by molar-refractivity contribution is 5.91. The maximum Gasteiger partial charge on any atom is 0.318 e. The average molecular weight is 248 g/mol. The lowest BCUT2D eigenvalue weighted by Gasteiger charge is -2.06. The molecule has 6 N–H and O–H groups in total. The van der Waals surface area contributed by atoms with Crippen molar-refractivity contribution in [1.29, 1.82) is 0 Å². The Kier molecular flexibility index (Phi) is 10.5. The van der Waals surface area contributed by atoms with Gasteiger partial charge in [-0.25, -0.2) is 0 Å². The van der Waals surface area contributed by atoms with Gasteiger partial charge >= 0.3 is 11.9 Å². The van der Waals surface area contributed by atoms with Crippen LogP contribution in [-0.4, -0.2) is 51.6 Å². The van der Waals surface area contributed by atoms with Crippen LogP contribution in [-0.2, 0) is 19.1 Å². The van der Waals surface area contributed by atoms with Gasteiger partial charge in [-0.2, -0.15) is 0 Å². The number of nitrogens with two attached hydrogens (primary N) is 2. The van der Waals surface area contributed by atoms with E-state index in [1.165, 1.54) is 0 Å². The lowest BCUT2D eigenvalue weighted by Crippen LogP contribution is -2.29. The molecule has 17 heavy (non-hydrogen) atoms. The molecule has 0 bridgehead atoms. The van der Waals surface area contributed by atoms with Crippen LogP contribution in [0.1, 0.15) is 6.42 Å². The summed E-state index contributed by atoms with van der Waals surface area (Å²) in [7, 11) is 0. The van der Waals surface area contributed by atoms with Crippen molar-refractivity contribution in [2.75, 3.05) is 39.6 Å². The highest BCUT2D eigenvalue weighted by Gasteiger charge is 2.11. The fraction of sp³-hybridized carbons (Fsp3) is 0.778. The van der Waals surface area contributed by atoms with Crippen molar-refractivity contribution in [1.82, 2.24) is 10.6 Å². The molecular weight excluding hydrogens is 228 g/mol. The minimum atomic E-state index is -0.640. The number of hydrogen-bond donors (Lipinski definition) is 4. The van der Waals surface area contributed by atoms with Gasteiger partial charge in [0.1, 0.15) is 19.9 Å². The zero-order chi connectivity index (χ0) is 12.9. The number of hydrogen-bond acceptors (Lipinski definition) is 8. The molecule has 0 atom stereocenters. The molecule has 0 unspecified atom stereocenters. The van der Waals surface area contributed by atoms with E-state index >= 15 is 0 Å². The monoisotopic (exact) mass is 248 g/mol. The molecule has 0 fully saturated rings. The van der Waals surface area contributed by atoms with Crippen molar-refractivity contribution in [3.8, 4) is 0 Å². The van der Waals surface area contributed by atoms with Gasteiger partial charge in [0.25, 0.3) is 0 Å². The van der Waals surface area contributed by atoms with Gasteiger partial charge in [-0.15, -0.1) is 0 Å². The summed E-state index contributed by atoms with van der Waals surface area (Å²) >= 11 is 0. The molecule has 0 aromatic rings. The minimum Gasteiger partial charge on any atom is -0.449 e. The van der Waals surface area contributed by atoms with Crippen molar-refractivity contribution < 1.29 is 19.1 Å². The largest absolute Gasteiger partial charge is 0.449 e. The molecule has 0 saturated carbocycles. The number of esters is 2. The first-order chi connectivity index (χ1) is 8.20. The molecule has 100 valence electrons. The quantitative estimate of drug-likeness (QED) is 0.144. The Morgan fingerprint density at radius 3 is 1.65 bits per heavy atom. The van der Waals surface area contributed by atoms with E-state index in [0.29, 0.717) is 26.2 Å². The topological polar surface area (TPSA) is 129 Å². The fourth-order valence-corrected chi connectivity index (χ4v) is 0.831. The van der Waals surface area contributed by atoms with Crippen molar-refractivity contribution in [3.63, 3.8) is 0 Å². The predicted molar refractivity (Wildman–Crippen MR) is 60.6 cm³/mol. The maximum atomic E-state index is 11.1. The first kappa shape index (κ1) is 15.8. The molecule has 0 rings (SSSR count). The second-order valence-corrected chi connectivity index (χ2v) is 3.08. The zero-order valence-electron chi connectivity index (χ0n) is 9.74. The van der Waals surface area contributed by atoms with Gasteiger partial charge in [-0.1, -0.05) is 0 Å². The summed E-state index contributed by atoms with van der Waals surface area (Å²) in [5, 5.41) is 5.51. The molecule has 8 heteroatoms. The lowest BCUT2D eigenvalue weighted by molar-refractivity contribution is -0.155. The van der Waals surface area contributed by atoms with Gasteiger partial charge in [-0.3, -0.25) is 20.2 Å². The summed E-state index contributed by atoms with van der Waals surface area (Å²) in [6, 6.07) is 0. The Morgan fingerprint density at radius 2 is 1.29 bits per heavy atom. The third-order valence-corrected chi connectivity index (χ3v) is 1.60. The Hall–Kier alpha value is -1.22. The van der Waals surface area contributed by atoms with Crippen LogP contribution in [0.5, 0.6) is 0 Å². The molecule has 0 saturated heterocycles. The summed E-state index contributed by atoms with van der Waals surface area (Å²) < 4.78 is 9.39. The summed E-state index contributed by atoms with van der Waals surface area (Å²) in [6.07, 6.45) is -0.408. The van der Waals surface area contributed by atoms with Crippen LogP contribution >= 0.6 is 0 Å². The van der Waals surface area contributed by atoms with Crippen LogP contribution < -0.4 is 22.1 Å². The molecule has 0 aliphatic heterocycles. The molecule has 0 aliphatic carbocycles. The number of nitrogens with one attached hydrogen (secondary N) is 2. The van der Waals surface area contributed by atoms with Crippen LogP contribution in [0.2, 0.25) is 0 Å². The summed E-state index contributed by atoms with van der Waals surface area (Å²) in [5.74, 6) is -1.28. The Labute approximate surface area is 100.0 Å². The SMILES string of the molecule is NCCNCOC(=O)CC(=O)OCNCCN. The van der Waals surface area contributed by atoms with Crippen LogP contribution in [0.15, 0.2) is 0 Å². The first-order valence-electron chi connectivity index (χ1n) is 5.33. The molecule has 0 amide bonds. The molecule has 8 nitrogen and oxygen atoms in total. The van der Waals surface area contributed by atoms with E-state index in [-0.39, 0.29) is 13.5 Å². The number of carbonyl (C=O) groups is 2. The van der Waals surface area contributed by atoms with Gasteiger partial charge < -0.3 is 20.9 Å². The minimum absolute atomic E-state index is 0.0364. The van der Waals surface area contributed by atoms with Gasteiger partial charge in [-0.05, 0) is 0 Å². The molecular formula is C9H20N4O4. The maximum absolute atomic E-state index is 11.1. The number of carbonyl (C=O) groups excluding carboxylic acids is 2. The third-order valence-electron chi connectivity index (χ3n) is 1.60. The van der Waals surface area contributed by atoms with E-state index in [2.05, 4.69) is 10.6 Å². The third kappa shape index (κ3) is 11.1. The van der Waals surface area contributed by atoms with E-state index in [9.17, 15) is 9.59 Å². The van der Waals surface area contributed by atoms with Crippen LogP contribution in [0.25, 0.3) is 0 Å². The fourth-order valence-electron chi connectivity index (χ4n) is 0.831. The van der Waals surface area contributed by atoms with Crippen LogP contribution in [0, 0.1) is 0 Å². The zero-order valence-corrected chi connectivity index (χ0v) is 9.74. The predicted octanol–water partition coefficient (Wildman–Crippen LogP) is -2.53. The summed E-state index contributed by atoms with van der Waals surface area (Å²) in [4.78, 5) is 22.1.